The molecule has 3 aromatic carbocycles. The van der Waals surface area contributed by atoms with Gasteiger partial charge in [0.25, 0.3) is 11.8 Å². The van der Waals surface area contributed by atoms with Gasteiger partial charge in [-0.15, -0.1) is 0 Å². The maximum absolute atomic E-state index is 13.6. The van der Waals surface area contributed by atoms with E-state index >= 15 is 0 Å². The Kier molecular flexibility index (Phi) is 6.35. The number of hydrogen-bond donors (Lipinski definition) is 1. The minimum atomic E-state index is -0.435. The smallest absolute Gasteiger partial charge is 0.256 e. The monoisotopic (exact) mass is 481 g/mol. The molecule has 0 bridgehead atoms. The third kappa shape index (κ3) is 4.39. The third-order valence-electron chi connectivity index (χ3n) is 7.40. The number of fused-ring (bicyclic) bond motifs is 2. The second-order valence-corrected chi connectivity index (χ2v) is 9.84. The lowest BCUT2D eigenvalue weighted by Gasteiger charge is -2.26. The molecular weight excluding hydrogens is 450 g/mol. The first-order valence-corrected chi connectivity index (χ1v) is 12.5. The summed E-state index contributed by atoms with van der Waals surface area (Å²) in [6.07, 6.45) is 1.50. The molecule has 2 heterocycles. The molecule has 3 amide bonds. The Morgan fingerprint density at radius 2 is 1.81 bits per heavy atom. The van der Waals surface area contributed by atoms with Crippen LogP contribution in [0.2, 0.25) is 0 Å². The van der Waals surface area contributed by atoms with Crippen LogP contribution in [0, 0.1) is 13.8 Å². The number of benzene rings is 3. The van der Waals surface area contributed by atoms with Crippen LogP contribution in [-0.4, -0.2) is 35.2 Å². The summed E-state index contributed by atoms with van der Waals surface area (Å²) < 4.78 is 0. The van der Waals surface area contributed by atoms with E-state index in [-0.39, 0.29) is 23.8 Å². The number of carbonyl (C=O) groups is 3. The van der Waals surface area contributed by atoms with Crippen LogP contribution in [0.5, 0.6) is 0 Å². The zero-order valence-electron chi connectivity index (χ0n) is 21.0. The highest BCUT2D eigenvalue weighted by Gasteiger charge is 2.41. The Morgan fingerprint density at radius 3 is 2.61 bits per heavy atom. The van der Waals surface area contributed by atoms with E-state index in [0.717, 1.165) is 17.5 Å². The molecule has 184 valence electrons. The number of para-hydroxylation sites is 1. The van der Waals surface area contributed by atoms with E-state index in [0.29, 0.717) is 36.3 Å². The molecule has 2 aliphatic heterocycles. The van der Waals surface area contributed by atoms with Gasteiger partial charge in [0.1, 0.15) is 6.04 Å². The van der Waals surface area contributed by atoms with Gasteiger partial charge in [-0.2, -0.15) is 0 Å². The minimum Gasteiger partial charge on any atom is -0.346 e. The van der Waals surface area contributed by atoms with Gasteiger partial charge in [0.05, 0.1) is 23.8 Å². The average molecular weight is 482 g/mol. The third-order valence-corrected chi connectivity index (χ3v) is 7.40. The summed E-state index contributed by atoms with van der Waals surface area (Å²) in [6, 6.07) is 20.3. The molecule has 0 unspecified atom stereocenters. The largest absolute Gasteiger partial charge is 0.346 e. The van der Waals surface area contributed by atoms with Crippen molar-refractivity contribution in [2.45, 2.75) is 52.2 Å². The molecule has 2 atom stereocenters. The summed E-state index contributed by atoms with van der Waals surface area (Å²) >= 11 is 0. The van der Waals surface area contributed by atoms with Gasteiger partial charge in [-0.1, -0.05) is 42.5 Å². The van der Waals surface area contributed by atoms with E-state index < -0.39 is 6.04 Å². The first-order chi connectivity index (χ1) is 17.3. The molecular formula is C30H31N3O3. The summed E-state index contributed by atoms with van der Waals surface area (Å²) in [7, 11) is 0. The van der Waals surface area contributed by atoms with Crippen molar-refractivity contribution in [1.82, 2.24) is 10.2 Å². The normalized spacial score (nSPS) is 17.9. The molecule has 3 aromatic rings. The van der Waals surface area contributed by atoms with Gasteiger partial charge < -0.3 is 15.1 Å². The SMILES string of the molecule is Cc1ccc([C@H](C)NC(=O)c2cccc(CN3C(=O)[C@H]4CCCN4C(=O)c4ccccc43)c2)cc1C. The number of nitrogens with one attached hydrogen (secondary N) is 1. The van der Waals surface area contributed by atoms with Crippen LogP contribution >= 0.6 is 0 Å². The Labute approximate surface area is 211 Å². The van der Waals surface area contributed by atoms with Crippen LogP contribution in [0.15, 0.2) is 66.7 Å². The molecule has 0 saturated carbocycles. The molecule has 36 heavy (non-hydrogen) atoms. The second-order valence-electron chi connectivity index (χ2n) is 9.84. The second kappa shape index (κ2) is 9.61. The highest BCUT2D eigenvalue weighted by atomic mass is 16.2. The maximum atomic E-state index is 13.6. The Hall–Kier alpha value is -3.93. The number of amides is 3. The number of hydrogen-bond acceptors (Lipinski definition) is 3. The van der Waals surface area contributed by atoms with Crippen molar-refractivity contribution in [3.63, 3.8) is 0 Å². The first-order valence-electron chi connectivity index (χ1n) is 12.5. The standard InChI is InChI=1S/C30H31N3O3/c1-19-13-14-23(16-20(19)2)21(3)31-28(34)24-9-6-8-22(17-24)18-33-26-11-5-4-10-25(26)29(35)32-15-7-12-27(32)30(33)36/h4-6,8-11,13-14,16-17,21,27H,7,12,15,18H2,1-3H3,(H,31,34)/t21-,27+/m0/s1. The predicted octanol–water partition coefficient (Wildman–Crippen LogP) is 4.95. The van der Waals surface area contributed by atoms with Crippen molar-refractivity contribution in [3.05, 3.63) is 100 Å². The molecule has 0 aromatic heterocycles. The van der Waals surface area contributed by atoms with Crippen LogP contribution in [0.4, 0.5) is 5.69 Å². The van der Waals surface area contributed by atoms with Crippen LogP contribution in [0.1, 0.15) is 68.8 Å². The lowest BCUT2D eigenvalue weighted by molar-refractivity contribution is -0.122. The van der Waals surface area contributed by atoms with E-state index in [9.17, 15) is 14.4 Å². The van der Waals surface area contributed by atoms with Crippen molar-refractivity contribution in [3.8, 4) is 0 Å². The fraction of sp³-hybridized carbons (Fsp3) is 0.300. The van der Waals surface area contributed by atoms with Gasteiger partial charge in [-0.05, 0) is 80.1 Å². The number of anilines is 1. The lowest BCUT2D eigenvalue weighted by Crippen LogP contribution is -2.44. The number of carbonyl (C=O) groups excluding carboxylic acids is 3. The lowest BCUT2D eigenvalue weighted by atomic mass is 10.0. The highest BCUT2D eigenvalue weighted by Crippen LogP contribution is 2.33. The van der Waals surface area contributed by atoms with E-state index in [2.05, 4.69) is 31.3 Å². The van der Waals surface area contributed by atoms with E-state index in [1.54, 1.807) is 21.9 Å². The molecule has 1 saturated heterocycles. The Balaban J connectivity index is 1.39. The number of aryl methyl sites for hydroxylation is 2. The zero-order valence-corrected chi connectivity index (χ0v) is 21.0. The first kappa shape index (κ1) is 23.8. The van der Waals surface area contributed by atoms with Crippen molar-refractivity contribution in [2.24, 2.45) is 0 Å². The van der Waals surface area contributed by atoms with Crippen molar-refractivity contribution in [2.75, 3.05) is 11.4 Å². The van der Waals surface area contributed by atoms with E-state index in [1.165, 1.54) is 11.1 Å². The predicted molar refractivity (Wildman–Crippen MR) is 140 cm³/mol. The topological polar surface area (TPSA) is 69.7 Å². The summed E-state index contributed by atoms with van der Waals surface area (Å²) in [5.41, 5.74) is 6.02. The molecule has 1 N–H and O–H groups in total. The summed E-state index contributed by atoms with van der Waals surface area (Å²) in [6.45, 7) is 7.01. The summed E-state index contributed by atoms with van der Waals surface area (Å²) in [5.74, 6) is -0.316. The molecule has 0 radical (unpaired) electrons. The minimum absolute atomic E-state index is 0.0657. The molecule has 0 aliphatic carbocycles. The fourth-order valence-electron chi connectivity index (χ4n) is 5.16. The van der Waals surface area contributed by atoms with Gasteiger partial charge in [-0.3, -0.25) is 14.4 Å². The summed E-state index contributed by atoms with van der Waals surface area (Å²) in [5, 5.41) is 3.09. The molecule has 6 heteroatoms. The quantitative estimate of drug-likeness (QED) is 0.561. The summed E-state index contributed by atoms with van der Waals surface area (Å²) in [4.78, 5) is 43.2. The molecule has 5 rings (SSSR count). The van der Waals surface area contributed by atoms with Crippen molar-refractivity contribution in [1.29, 1.82) is 0 Å². The van der Waals surface area contributed by atoms with Gasteiger partial charge in [-0.25, -0.2) is 0 Å². The van der Waals surface area contributed by atoms with Gasteiger partial charge in [0, 0.05) is 12.1 Å². The molecule has 6 nitrogen and oxygen atoms in total. The van der Waals surface area contributed by atoms with Crippen molar-refractivity contribution < 1.29 is 14.4 Å². The highest BCUT2D eigenvalue weighted by molar-refractivity contribution is 6.11. The zero-order chi connectivity index (χ0) is 25.4. The van der Waals surface area contributed by atoms with Gasteiger partial charge >= 0.3 is 0 Å². The molecule has 2 aliphatic rings. The van der Waals surface area contributed by atoms with Crippen molar-refractivity contribution >= 4 is 23.4 Å². The Bertz CT molecular complexity index is 1350. The number of rotatable bonds is 5. The van der Waals surface area contributed by atoms with Crippen LogP contribution in [-0.2, 0) is 11.3 Å². The maximum Gasteiger partial charge on any atom is 0.256 e. The van der Waals surface area contributed by atoms with Crippen LogP contribution in [0.3, 0.4) is 0 Å². The Morgan fingerprint density at radius 1 is 1.00 bits per heavy atom. The van der Waals surface area contributed by atoms with E-state index in [4.69, 9.17) is 0 Å². The van der Waals surface area contributed by atoms with Gasteiger partial charge in [0.15, 0.2) is 0 Å². The number of nitrogens with zero attached hydrogens (tertiary/aromatic N) is 2. The van der Waals surface area contributed by atoms with E-state index in [1.807, 2.05) is 49.4 Å². The van der Waals surface area contributed by atoms with Crippen LogP contribution < -0.4 is 10.2 Å². The van der Waals surface area contributed by atoms with Crippen LogP contribution in [0.25, 0.3) is 0 Å². The average Bonchev–Trinajstić information content (AvgIpc) is 3.36. The van der Waals surface area contributed by atoms with Gasteiger partial charge in [0.2, 0.25) is 5.91 Å². The fourth-order valence-corrected chi connectivity index (χ4v) is 5.16. The molecule has 1 fully saturated rings. The molecule has 0 spiro atoms.